The second-order valence-corrected chi connectivity index (χ2v) is 8.59. The number of benzene rings is 3. The van der Waals surface area contributed by atoms with E-state index < -0.39 is 29.9 Å². The molecule has 2 amide bonds. The average Bonchev–Trinajstić information content (AvgIpc) is 2.86. The average molecular weight is 528 g/mol. The van der Waals surface area contributed by atoms with Crippen LogP contribution in [0.25, 0.3) is 0 Å². The van der Waals surface area contributed by atoms with Gasteiger partial charge in [0.25, 0.3) is 11.8 Å². The summed E-state index contributed by atoms with van der Waals surface area (Å²) in [5, 5.41) is 16.3. The van der Waals surface area contributed by atoms with Crippen LogP contribution >= 0.6 is 23.2 Å². The van der Waals surface area contributed by atoms with Crippen molar-refractivity contribution < 1.29 is 24.2 Å². The minimum Gasteiger partial charge on any atom is -0.479 e. The molecule has 0 heterocycles. The van der Waals surface area contributed by atoms with E-state index in [4.69, 9.17) is 33.0 Å². The highest BCUT2D eigenvalue weighted by atomic mass is 35.5. The lowest BCUT2D eigenvalue weighted by Gasteiger charge is -2.21. The maximum Gasteiger partial charge on any atom is 0.335 e. The molecule has 3 aromatic carbocycles. The summed E-state index contributed by atoms with van der Waals surface area (Å²) in [5.41, 5.74) is 3.98. The molecule has 0 aliphatic carbocycles. The fourth-order valence-electron chi connectivity index (χ4n) is 3.12. The fourth-order valence-corrected chi connectivity index (χ4v) is 3.58. The summed E-state index contributed by atoms with van der Waals surface area (Å²) in [4.78, 5) is 36.7. The van der Waals surface area contributed by atoms with E-state index in [1.807, 2.05) is 30.3 Å². The number of carboxylic acids is 1. The van der Waals surface area contributed by atoms with Gasteiger partial charge in [-0.3, -0.25) is 9.59 Å². The molecule has 186 valence electrons. The van der Waals surface area contributed by atoms with Gasteiger partial charge in [-0.05, 0) is 48.4 Å². The second-order valence-electron chi connectivity index (χ2n) is 7.75. The SMILES string of the molecule is C[C@@H](Oc1ccc(Cl)cc1Cl)C(=O)N[C@H](Cc1ccccc1)C(=O)N/N=C\c1ccc(C(=O)O)cc1. The number of nitrogens with one attached hydrogen (secondary N) is 2. The van der Waals surface area contributed by atoms with Gasteiger partial charge in [-0.1, -0.05) is 65.7 Å². The van der Waals surface area contributed by atoms with E-state index in [-0.39, 0.29) is 22.8 Å². The van der Waals surface area contributed by atoms with Gasteiger partial charge in [0.1, 0.15) is 11.8 Å². The second kappa shape index (κ2) is 12.7. The van der Waals surface area contributed by atoms with E-state index >= 15 is 0 Å². The van der Waals surface area contributed by atoms with E-state index in [2.05, 4.69) is 15.8 Å². The van der Waals surface area contributed by atoms with Crippen LogP contribution in [0, 0.1) is 0 Å². The topological polar surface area (TPSA) is 117 Å². The number of carbonyl (C=O) groups is 3. The van der Waals surface area contributed by atoms with Crippen LogP contribution in [-0.2, 0) is 16.0 Å². The van der Waals surface area contributed by atoms with Crippen molar-refractivity contribution in [1.29, 1.82) is 0 Å². The molecular weight excluding hydrogens is 505 g/mol. The smallest absolute Gasteiger partial charge is 0.335 e. The van der Waals surface area contributed by atoms with Crippen LogP contribution in [-0.4, -0.2) is 41.3 Å². The largest absolute Gasteiger partial charge is 0.479 e. The molecule has 3 aromatic rings. The first-order valence-electron chi connectivity index (χ1n) is 10.8. The number of carboxylic acid groups (broad SMARTS) is 1. The highest BCUT2D eigenvalue weighted by molar-refractivity contribution is 6.35. The third-order valence-corrected chi connectivity index (χ3v) is 5.56. The first kappa shape index (κ1) is 26.7. The molecule has 8 nitrogen and oxygen atoms in total. The van der Waals surface area contributed by atoms with Crippen LogP contribution in [0.15, 0.2) is 77.9 Å². The summed E-state index contributed by atoms with van der Waals surface area (Å²) in [6, 6.07) is 18.9. The maximum atomic E-state index is 12.9. The van der Waals surface area contributed by atoms with E-state index in [1.54, 1.807) is 24.3 Å². The molecular formula is C26H23Cl2N3O5. The normalized spacial score (nSPS) is 12.5. The van der Waals surface area contributed by atoms with Gasteiger partial charge in [0, 0.05) is 11.4 Å². The van der Waals surface area contributed by atoms with Crippen LogP contribution in [0.4, 0.5) is 0 Å². The summed E-state index contributed by atoms with van der Waals surface area (Å²) < 4.78 is 5.65. The number of halogens is 2. The molecule has 0 unspecified atom stereocenters. The van der Waals surface area contributed by atoms with Gasteiger partial charge in [-0.25, -0.2) is 10.2 Å². The zero-order valence-corrected chi connectivity index (χ0v) is 20.7. The minimum atomic E-state index is -1.04. The fraction of sp³-hybridized carbons (Fsp3) is 0.154. The van der Waals surface area contributed by atoms with E-state index in [0.717, 1.165) is 5.56 Å². The Morgan fingerprint density at radius 1 is 1.00 bits per heavy atom. The summed E-state index contributed by atoms with van der Waals surface area (Å²) in [6.45, 7) is 1.54. The molecule has 0 aromatic heterocycles. The van der Waals surface area contributed by atoms with Crippen molar-refractivity contribution in [3.8, 4) is 5.75 Å². The predicted octanol–water partition coefficient (Wildman–Crippen LogP) is 4.34. The Morgan fingerprint density at radius 2 is 1.69 bits per heavy atom. The maximum absolute atomic E-state index is 12.9. The molecule has 0 spiro atoms. The summed E-state index contributed by atoms with van der Waals surface area (Å²) >= 11 is 12.0. The van der Waals surface area contributed by atoms with Gasteiger partial charge in [-0.2, -0.15) is 5.10 Å². The van der Waals surface area contributed by atoms with Gasteiger partial charge in [0.15, 0.2) is 6.10 Å². The molecule has 3 rings (SSSR count). The van der Waals surface area contributed by atoms with Crippen LogP contribution in [0.2, 0.25) is 10.0 Å². The van der Waals surface area contributed by atoms with Gasteiger partial charge < -0.3 is 15.2 Å². The number of hydrogen-bond donors (Lipinski definition) is 3. The number of ether oxygens (including phenoxy) is 1. The zero-order chi connectivity index (χ0) is 26.1. The Bertz CT molecular complexity index is 1250. The Balaban J connectivity index is 1.67. The summed E-state index contributed by atoms with van der Waals surface area (Å²) in [7, 11) is 0. The van der Waals surface area contributed by atoms with Gasteiger partial charge in [0.2, 0.25) is 0 Å². The first-order valence-corrected chi connectivity index (χ1v) is 11.6. The van der Waals surface area contributed by atoms with Crippen LogP contribution in [0.1, 0.15) is 28.4 Å². The van der Waals surface area contributed by atoms with E-state index in [1.165, 1.54) is 31.3 Å². The lowest BCUT2D eigenvalue weighted by atomic mass is 10.1. The summed E-state index contributed by atoms with van der Waals surface area (Å²) in [6.07, 6.45) is 0.639. The quantitative estimate of drug-likeness (QED) is 0.268. The lowest BCUT2D eigenvalue weighted by Crippen LogP contribution is -2.50. The number of aromatic carboxylic acids is 1. The molecule has 36 heavy (non-hydrogen) atoms. The minimum absolute atomic E-state index is 0.137. The van der Waals surface area contributed by atoms with Crippen molar-refractivity contribution >= 4 is 47.2 Å². The molecule has 0 fully saturated rings. The van der Waals surface area contributed by atoms with Crippen LogP contribution in [0.5, 0.6) is 5.75 Å². The Labute approximate surface area is 217 Å². The number of hydrazone groups is 1. The molecule has 0 aliphatic rings. The zero-order valence-electron chi connectivity index (χ0n) is 19.2. The van der Waals surface area contributed by atoms with Crippen LogP contribution in [0.3, 0.4) is 0 Å². The number of hydrogen-bond acceptors (Lipinski definition) is 5. The third kappa shape index (κ3) is 7.83. The van der Waals surface area contributed by atoms with Gasteiger partial charge >= 0.3 is 5.97 Å². The highest BCUT2D eigenvalue weighted by Gasteiger charge is 2.25. The molecule has 0 bridgehead atoms. The van der Waals surface area contributed by atoms with E-state index in [9.17, 15) is 14.4 Å². The van der Waals surface area contributed by atoms with Crippen molar-refractivity contribution in [2.45, 2.75) is 25.5 Å². The molecule has 0 aliphatic heterocycles. The Hall–Kier alpha value is -3.88. The summed E-state index contributed by atoms with van der Waals surface area (Å²) in [5.74, 6) is -1.82. The Kier molecular flexibility index (Phi) is 9.44. The third-order valence-electron chi connectivity index (χ3n) is 5.03. The molecule has 0 saturated heterocycles. The highest BCUT2D eigenvalue weighted by Crippen LogP contribution is 2.28. The number of carbonyl (C=O) groups excluding carboxylic acids is 2. The van der Waals surface area contributed by atoms with Crippen molar-refractivity contribution in [3.05, 3.63) is 99.5 Å². The molecule has 3 N–H and O–H groups in total. The lowest BCUT2D eigenvalue weighted by molar-refractivity contribution is -0.132. The van der Waals surface area contributed by atoms with Crippen molar-refractivity contribution in [2.24, 2.45) is 5.10 Å². The molecule has 0 radical (unpaired) electrons. The number of amides is 2. The molecule has 10 heteroatoms. The van der Waals surface area contributed by atoms with Gasteiger partial charge in [0.05, 0.1) is 16.8 Å². The van der Waals surface area contributed by atoms with Crippen LogP contribution < -0.4 is 15.5 Å². The monoisotopic (exact) mass is 527 g/mol. The van der Waals surface area contributed by atoms with E-state index in [0.29, 0.717) is 10.6 Å². The Morgan fingerprint density at radius 3 is 2.33 bits per heavy atom. The van der Waals surface area contributed by atoms with Crippen molar-refractivity contribution in [2.75, 3.05) is 0 Å². The first-order chi connectivity index (χ1) is 17.2. The number of rotatable bonds is 10. The predicted molar refractivity (Wildman–Crippen MR) is 138 cm³/mol. The van der Waals surface area contributed by atoms with Crippen molar-refractivity contribution in [3.63, 3.8) is 0 Å². The number of nitrogens with zero attached hydrogens (tertiary/aromatic N) is 1. The standard InChI is InChI=1S/C26H23Cl2N3O5/c1-16(36-23-12-11-20(27)14-21(23)28)24(32)30-22(13-17-5-3-2-4-6-17)25(33)31-29-15-18-7-9-19(10-8-18)26(34)35/h2-12,14-16,22H,13H2,1H3,(H,30,32)(H,31,33)(H,34,35)/b29-15-/t16-,22-/m1/s1. The molecule has 0 saturated carbocycles. The van der Waals surface area contributed by atoms with Crippen molar-refractivity contribution in [1.82, 2.24) is 10.7 Å². The van der Waals surface area contributed by atoms with Gasteiger partial charge in [-0.15, -0.1) is 0 Å². The molecule has 2 atom stereocenters.